The van der Waals surface area contributed by atoms with Crippen molar-refractivity contribution in [3.63, 3.8) is 0 Å². The highest BCUT2D eigenvalue weighted by Crippen LogP contribution is 2.21. The van der Waals surface area contributed by atoms with Crippen molar-refractivity contribution in [2.24, 2.45) is 0 Å². The predicted octanol–water partition coefficient (Wildman–Crippen LogP) is 4.11. The van der Waals surface area contributed by atoms with Crippen LogP contribution in [0.4, 0.5) is 4.39 Å². The zero-order chi connectivity index (χ0) is 19.7. The van der Waals surface area contributed by atoms with Crippen LogP contribution in [0.5, 0.6) is 11.5 Å². The standard InChI is InChI=1S/C22H15FN2O3/c23-15-7-4-14(5-8-15)6-11-21-24-20-10-9-18(27)13-19(20)22(28)25(21)16-2-1-3-17(26)12-16/h1-13,26-27H/b11-6+. The highest BCUT2D eigenvalue weighted by molar-refractivity contribution is 5.81. The summed E-state index contributed by atoms with van der Waals surface area (Å²) >= 11 is 0. The zero-order valence-corrected chi connectivity index (χ0v) is 14.6. The highest BCUT2D eigenvalue weighted by atomic mass is 19.1. The fourth-order valence-corrected chi connectivity index (χ4v) is 2.93. The van der Waals surface area contributed by atoms with E-state index in [9.17, 15) is 19.4 Å². The molecule has 0 aliphatic carbocycles. The van der Waals surface area contributed by atoms with Crippen LogP contribution in [0.3, 0.4) is 0 Å². The second kappa shape index (κ2) is 7.00. The van der Waals surface area contributed by atoms with Gasteiger partial charge in [0.05, 0.1) is 16.6 Å². The minimum absolute atomic E-state index is 0.00821. The van der Waals surface area contributed by atoms with Gasteiger partial charge in [-0.25, -0.2) is 9.37 Å². The van der Waals surface area contributed by atoms with Crippen LogP contribution in [0.15, 0.2) is 71.5 Å². The van der Waals surface area contributed by atoms with Gasteiger partial charge in [0.25, 0.3) is 5.56 Å². The van der Waals surface area contributed by atoms with Crippen molar-refractivity contribution in [3.05, 3.63) is 94.3 Å². The number of halogens is 1. The quantitative estimate of drug-likeness (QED) is 0.566. The van der Waals surface area contributed by atoms with Crippen LogP contribution in [-0.4, -0.2) is 19.8 Å². The number of benzene rings is 3. The first-order chi connectivity index (χ1) is 13.5. The Hall–Kier alpha value is -3.93. The lowest BCUT2D eigenvalue weighted by Crippen LogP contribution is -2.22. The lowest BCUT2D eigenvalue weighted by molar-refractivity contribution is 0.474. The maximum absolute atomic E-state index is 13.1. The SMILES string of the molecule is O=c1c2cc(O)ccc2nc(/C=C/c2ccc(F)cc2)n1-c1cccc(O)c1. The molecule has 3 aromatic carbocycles. The largest absolute Gasteiger partial charge is 0.508 e. The summed E-state index contributed by atoms with van der Waals surface area (Å²) in [5.74, 6) is -0.0343. The lowest BCUT2D eigenvalue weighted by Gasteiger charge is -2.12. The second-order valence-electron chi connectivity index (χ2n) is 6.22. The van der Waals surface area contributed by atoms with Gasteiger partial charge >= 0.3 is 0 Å². The number of aromatic nitrogens is 2. The van der Waals surface area contributed by atoms with Gasteiger partial charge in [0.15, 0.2) is 0 Å². The molecule has 0 aliphatic rings. The molecule has 28 heavy (non-hydrogen) atoms. The Bertz CT molecular complexity index is 1260. The van der Waals surface area contributed by atoms with E-state index < -0.39 is 0 Å². The van der Waals surface area contributed by atoms with E-state index in [-0.39, 0.29) is 28.3 Å². The highest BCUT2D eigenvalue weighted by Gasteiger charge is 2.12. The average molecular weight is 374 g/mol. The van der Waals surface area contributed by atoms with Crippen molar-refractivity contribution in [1.82, 2.24) is 9.55 Å². The Labute approximate surface area is 159 Å². The van der Waals surface area contributed by atoms with Gasteiger partial charge in [-0.05, 0) is 54.1 Å². The molecule has 4 aromatic rings. The van der Waals surface area contributed by atoms with Crippen molar-refractivity contribution in [2.75, 3.05) is 0 Å². The van der Waals surface area contributed by atoms with E-state index in [2.05, 4.69) is 4.98 Å². The molecule has 0 saturated carbocycles. The summed E-state index contributed by atoms with van der Waals surface area (Å²) in [4.78, 5) is 17.6. The Morgan fingerprint density at radius 1 is 0.893 bits per heavy atom. The molecule has 0 atom stereocenters. The first-order valence-electron chi connectivity index (χ1n) is 8.50. The van der Waals surface area contributed by atoms with E-state index >= 15 is 0 Å². The van der Waals surface area contributed by atoms with E-state index in [0.29, 0.717) is 17.0 Å². The Kier molecular flexibility index (Phi) is 4.37. The molecule has 0 fully saturated rings. The van der Waals surface area contributed by atoms with E-state index in [0.717, 1.165) is 5.56 Å². The summed E-state index contributed by atoms with van der Waals surface area (Å²) in [5.41, 5.74) is 1.22. The molecule has 0 unspecified atom stereocenters. The molecular weight excluding hydrogens is 359 g/mol. The summed E-state index contributed by atoms with van der Waals surface area (Å²) in [6.45, 7) is 0. The summed E-state index contributed by atoms with van der Waals surface area (Å²) in [6, 6.07) is 16.5. The van der Waals surface area contributed by atoms with Crippen LogP contribution >= 0.6 is 0 Å². The minimum atomic E-state index is -0.384. The normalized spacial score (nSPS) is 11.3. The fourth-order valence-electron chi connectivity index (χ4n) is 2.93. The molecule has 0 bridgehead atoms. The smallest absolute Gasteiger partial charge is 0.266 e. The molecule has 1 aromatic heterocycles. The Morgan fingerprint density at radius 2 is 1.64 bits per heavy atom. The number of rotatable bonds is 3. The van der Waals surface area contributed by atoms with Crippen LogP contribution in [0.2, 0.25) is 0 Å². The lowest BCUT2D eigenvalue weighted by atomic mass is 10.2. The molecule has 138 valence electrons. The fraction of sp³-hybridized carbons (Fsp3) is 0. The maximum atomic E-state index is 13.1. The van der Waals surface area contributed by atoms with Crippen LogP contribution < -0.4 is 5.56 Å². The molecule has 5 nitrogen and oxygen atoms in total. The zero-order valence-electron chi connectivity index (χ0n) is 14.6. The molecule has 0 amide bonds. The third kappa shape index (κ3) is 3.35. The molecule has 0 radical (unpaired) electrons. The van der Waals surface area contributed by atoms with Crippen molar-refractivity contribution in [3.8, 4) is 17.2 Å². The first kappa shape index (κ1) is 17.5. The van der Waals surface area contributed by atoms with Crippen molar-refractivity contribution >= 4 is 23.1 Å². The van der Waals surface area contributed by atoms with E-state index in [1.165, 1.54) is 41.0 Å². The van der Waals surface area contributed by atoms with Crippen molar-refractivity contribution < 1.29 is 14.6 Å². The van der Waals surface area contributed by atoms with Crippen molar-refractivity contribution in [1.29, 1.82) is 0 Å². The number of aromatic hydroxyl groups is 2. The number of hydrogen-bond acceptors (Lipinski definition) is 4. The Morgan fingerprint density at radius 3 is 2.39 bits per heavy atom. The van der Waals surface area contributed by atoms with Gasteiger partial charge in [0.2, 0.25) is 0 Å². The molecule has 0 spiro atoms. The molecular formula is C22H15FN2O3. The summed E-state index contributed by atoms with van der Waals surface area (Å²) in [7, 11) is 0. The van der Waals surface area contributed by atoms with Gasteiger partial charge in [-0.2, -0.15) is 0 Å². The van der Waals surface area contributed by atoms with Crippen LogP contribution in [0.25, 0.3) is 28.7 Å². The maximum Gasteiger partial charge on any atom is 0.266 e. The van der Waals surface area contributed by atoms with Crippen molar-refractivity contribution in [2.45, 2.75) is 0 Å². The number of hydrogen-bond donors (Lipinski definition) is 2. The molecule has 6 heteroatoms. The van der Waals surface area contributed by atoms with E-state index in [4.69, 9.17) is 0 Å². The molecule has 0 saturated heterocycles. The summed E-state index contributed by atoms with van der Waals surface area (Å²) in [6.07, 6.45) is 3.36. The molecule has 2 N–H and O–H groups in total. The van der Waals surface area contributed by atoms with Gasteiger partial charge in [0.1, 0.15) is 23.1 Å². The van der Waals surface area contributed by atoms with Gasteiger partial charge in [0, 0.05) is 6.07 Å². The van der Waals surface area contributed by atoms with Gasteiger partial charge in [-0.1, -0.05) is 24.3 Å². The van der Waals surface area contributed by atoms with Gasteiger partial charge in [-0.3, -0.25) is 9.36 Å². The van der Waals surface area contributed by atoms with E-state index in [1.54, 1.807) is 42.5 Å². The number of nitrogens with zero attached hydrogens (tertiary/aromatic N) is 2. The third-order valence-electron chi connectivity index (χ3n) is 4.26. The summed E-state index contributed by atoms with van der Waals surface area (Å²) in [5, 5.41) is 19.8. The summed E-state index contributed by atoms with van der Waals surface area (Å²) < 4.78 is 14.5. The Balaban J connectivity index is 1.95. The minimum Gasteiger partial charge on any atom is -0.508 e. The van der Waals surface area contributed by atoms with Gasteiger partial charge < -0.3 is 10.2 Å². The average Bonchev–Trinajstić information content (AvgIpc) is 2.68. The third-order valence-corrected chi connectivity index (χ3v) is 4.26. The number of phenols is 2. The first-order valence-corrected chi connectivity index (χ1v) is 8.50. The second-order valence-corrected chi connectivity index (χ2v) is 6.22. The van der Waals surface area contributed by atoms with Crippen LogP contribution in [0.1, 0.15) is 11.4 Å². The van der Waals surface area contributed by atoms with Gasteiger partial charge in [-0.15, -0.1) is 0 Å². The van der Waals surface area contributed by atoms with Crippen LogP contribution in [0, 0.1) is 5.82 Å². The number of phenolic OH excluding ortho intramolecular Hbond substituents is 2. The topological polar surface area (TPSA) is 75.3 Å². The molecule has 0 aliphatic heterocycles. The molecule has 1 heterocycles. The number of fused-ring (bicyclic) bond motifs is 1. The molecule has 4 rings (SSSR count). The predicted molar refractivity (Wildman–Crippen MR) is 106 cm³/mol. The monoisotopic (exact) mass is 374 g/mol. The van der Waals surface area contributed by atoms with E-state index in [1.807, 2.05) is 0 Å². The van der Waals surface area contributed by atoms with Crippen LogP contribution in [-0.2, 0) is 0 Å².